The van der Waals surface area contributed by atoms with Gasteiger partial charge < -0.3 is 5.32 Å². The van der Waals surface area contributed by atoms with E-state index in [9.17, 15) is 13.2 Å². The molecule has 0 unspecified atom stereocenters. The van der Waals surface area contributed by atoms with Crippen molar-refractivity contribution < 1.29 is 13.2 Å². The van der Waals surface area contributed by atoms with Gasteiger partial charge in [-0.25, -0.2) is 8.42 Å². The largest absolute Gasteiger partial charge is 0.352 e. The number of hydrogen-bond acceptors (Lipinski definition) is 3. The molecule has 1 aromatic rings. The normalized spacial score (nSPS) is 16.0. The molecular formula is C18H28N2O3S. The van der Waals surface area contributed by atoms with Crippen LogP contribution in [0.5, 0.6) is 0 Å². The van der Waals surface area contributed by atoms with Gasteiger partial charge in [-0.15, -0.1) is 0 Å². The number of sulfonamides is 1. The maximum absolute atomic E-state index is 12.4. The molecule has 1 aromatic carbocycles. The SMILES string of the molecule is CC(C)N(C)S(=O)(=O)c1ccc(CNC(=O)CC2CCCC2)cc1. The Morgan fingerprint density at radius 1 is 1.21 bits per heavy atom. The second-order valence-corrected chi connectivity index (χ2v) is 8.89. The van der Waals surface area contributed by atoms with E-state index in [0.717, 1.165) is 18.4 Å². The summed E-state index contributed by atoms with van der Waals surface area (Å²) in [5, 5.41) is 2.93. The summed E-state index contributed by atoms with van der Waals surface area (Å²) in [7, 11) is -1.88. The van der Waals surface area contributed by atoms with Gasteiger partial charge in [0.25, 0.3) is 0 Å². The van der Waals surface area contributed by atoms with Crippen LogP contribution in [-0.4, -0.2) is 31.7 Å². The van der Waals surface area contributed by atoms with Crippen molar-refractivity contribution in [3.63, 3.8) is 0 Å². The van der Waals surface area contributed by atoms with Crippen LogP contribution in [0.2, 0.25) is 0 Å². The molecule has 1 N–H and O–H groups in total. The Balaban J connectivity index is 1.91. The molecule has 5 nitrogen and oxygen atoms in total. The predicted octanol–water partition coefficient (Wildman–Crippen LogP) is 2.91. The van der Waals surface area contributed by atoms with Crippen LogP contribution >= 0.6 is 0 Å². The monoisotopic (exact) mass is 352 g/mol. The van der Waals surface area contributed by atoms with E-state index in [4.69, 9.17) is 0 Å². The van der Waals surface area contributed by atoms with Crippen LogP contribution in [0.1, 0.15) is 51.5 Å². The first kappa shape index (κ1) is 18.9. The first-order valence-corrected chi connectivity index (χ1v) is 10.1. The fourth-order valence-corrected chi connectivity index (χ4v) is 4.34. The van der Waals surface area contributed by atoms with Gasteiger partial charge in [-0.05, 0) is 50.3 Å². The van der Waals surface area contributed by atoms with Crippen LogP contribution in [0.25, 0.3) is 0 Å². The second kappa shape index (κ2) is 8.12. The van der Waals surface area contributed by atoms with E-state index in [1.165, 1.54) is 17.1 Å². The number of nitrogens with zero attached hydrogens (tertiary/aromatic N) is 1. The topological polar surface area (TPSA) is 66.5 Å². The average molecular weight is 353 g/mol. The van der Waals surface area contributed by atoms with Crippen LogP contribution in [-0.2, 0) is 21.4 Å². The maximum Gasteiger partial charge on any atom is 0.243 e. The lowest BCUT2D eigenvalue weighted by Crippen LogP contribution is -2.33. The summed E-state index contributed by atoms with van der Waals surface area (Å²) in [6.07, 6.45) is 5.38. The number of hydrogen-bond donors (Lipinski definition) is 1. The highest BCUT2D eigenvalue weighted by Crippen LogP contribution is 2.27. The third kappa shape index (κ3) is 4.80. The van der Waals surface area contributed by atoms with E-state index in [1.807, 2.05) is 13.8 Å². The van der Waals surface area contributed by atoms with Gasteiger partial charge in [-0.3, -0.25) is 4.79 Å². The first-order chi connectivity index (χ1) is 11.3. The van der Waals surface area contributed by atoms with Crippen molar-refractivity contribution in [2.45, 2.75) is 63.4 Å². The lowest BCUT2D eigenvalue weighted by Gasteiger charge is -2.21. The average Bonchev–Trinajstić information content (AvgIpc) is 3.05. The third-order valence-corrected chi connectivity index (χ3v) is 6.81. The molecule has 1 fully saturated rings. The van der Waals surface area contributed by atoms with E-state index in [1.54, 1.807) is 31.3 Å². The first-order valence-electron chi connectivity index (χ1n) is 8.64. The van der Waals surface area contributed by atoms with Crippen molar-refractivity contribution >= 4 is 15.9 Å². The molecule has 6 heteroatoms. The highest BCUT2D eigenvalue weighted by atomic mass is 32.2. The molecule has 0 aromatic heterocycles. The van der Waals surface area contributed by atoms with Crippen molar-refractivity contribution in [1.29, 1.82) is 0 Å². The summed E-state index contributed by atoms with van der Waals surface area (Å²) in [5.74, 6) is 0.613. The van der Waals surface area contributed by atoms with Gasteiger partial charge in [0.2, 0.25) is 15.9 Å². The Kier molecular flexibility index (Phi) is 6.40. The summed E-state index contributed by atoms with van der Waals surface area (Å²) < 4.78 is 26.2. The van der Waals surface area contributed by atoms with Gasteiger partial charge in [0.05, 0.1) is 4.90 Å². The third-order valence-electron chi connectivity index (χ3n) is 4.77. The molecule has 0 aliphatic heterocycles. The van der Waals surface area contributed by atoms with Gasteiger partial charge in [0, 0.05) is 26.1 Å². The molecule has 134 valence electrons. The molecule has 0 heterocycles. The van der Waals surface area contributed by atoms with Gasteiger partial charge in [-0.1, -0.05) is 25.0 Å². The van der Waals surface area contributed by atoms with Crippen molar-refractivity contribution in [3.8, 4) is 0 Å². The summed E-state index contributed by atoms with van der Waals surface area (Å²) in [4.78, 5) is 12.2. The minimum Gasteiger partial charge on any atom is -0.352 e. The zero-order valence-corrected chi connectivity index (χ0v) is 15.6. The van der Waals surface area contributed by atoms with Gasteiger partial charge in [0.15, 0.2) is 0 Å². The lowest BCUT2D eigenvalue weighted by molar-refractivity contribution is -0.122. The minimum absolute atomic E-state index is 0.0816. The van der Waals surface area contributed by atoms with Crippen LogP contribution in [0.15, 0.2) is 29.2 Å². The smallest absolute Gasteiger partial charge is 0.243 e. The summed E-state index contributed by atoms with van der Waals surface area (Å²) in [6.45, 7) is 4.11. The van der Waals surface area contributed by atoms with Crippen LogP contribution in [0, 0.1) is 5.92 Å². The molecule has 1 amide bonds. The second-order valence-electron chi connectivity index (χ2n) is 6.89. The molecule has 1 saturated carbocycles. The fraction of sp³-hybridized carbons (Fsp3) is 0.611. The summed E-state index contributed by atoms with van der Waals surface area (Å²) in [6, 6.07) is 6.64. The number of benzene rings is 1. The van der Waals surface area contributed by atoms with Crippen molar-refractivity contribution in [1.82, 2.24) is 9.62 Å². The molecule has 0 spiro atoms. The molecular weight excluding hydrogens is 324 g/mol. The standard InChI is InChI=1S/C18H28N2O3S/c1-14(2)20(3)24(22,23)17-10-8-16(9-11-17)13-19-18(21)12-15-6-4-5-7-15/h8-11,14-15H,4-7,12-13H2,1-3H3,(H,19,21). The van der Waals surface area contributed by atoms with Crippen molar-refractivity contribution in [2.24, 2.45) is 5.92 Å². The van der Waals surface area contributed by atoms with E-state index >= 15 is 0 Å². The Hall–Kier alpha value is -1.40. The molecule has 1 aliphatic carbocycles. The van der Waals surface area contributed by atoms with Crippen LogP contribution < -0.4 is 5.32 Å². The number of carbonyl (C=O) groups is 1. The van der Waals surface area contributed by atoms with Crippen LogP contribution in [0.3, 0.4) is 0 Å². The van der Waals surface area contributed by atoms with E-state index in [-0.39, 0.29) is 16.8 Å². The number of carbonyl (C=O) groups excluding carboxylic acids is 1. The quantitative estimate of drug-likeness (QED) is 0.820. The Morgan fingerprint density at radius 2 is 1.79 bits per heavy atom. The van der Waals surface area contributed by atoms with Crippen LogP contribution in [0.4, 0.5) is 0 Å². The molecule has 0 saturated heterocycles. The predicted molar refractivity (Wildman–Crippen MR) is 94.9 cm³/mol. The van der Waals surface area contributed by atoms with Crippen molar-refractivity contribution in [3.05, 3.63) is 29.8 Å². The summed E-state index contributed by atoms with van der Waals surface area (Å²) in [5.41, 5.74) is 0.904. The van der Waals surface area contributed by atoms with Gasteiger partial charge in [-0.2, -0.15) is 4.31 Å². The zero-order chi connectivity index (χ0) is 17.7. The van der Waals surface area contributed by atoms with Gasteiger partial charge in [0.1, 0.15) is 0 Å². The molecule has 0 atom stereocenters. The molecule has 2 rings (SSSR count). The van der Waals surface area contributed by atoms with Gasteiger partial charge >= 0.3 is 0 Å². The maximum atomic E-state index is 12.4. The number of nitrogens with one attached hydrogen (secondary N) is 1. The van der Waals surface area contributed by atoms with E-state index in [0.29, 0.717) is 18.9 Å². The molecule has 24 heavy (non-hydrogen) atoms. The lowest BCUT2D eigenvalue weighted by atomic mass is 10.0. The zero-order valence-electron chi connectivity index (χ0n) is 14.8. The number of rotatable bonds is 7. The molecule has 0 bridgehead atoms. The number of amides is 1. The summed E-state index contributed by atoms with van der Waals surface area (Å²) >= 11 is 0. The Morgan fingerprint density at radius 3 is 2.33 bits per heavy atom. The Labute approximate surface area is 145 Å². The Bertz CT molecular complexity index is 647. The minimum atomic E-state index is -3.46. The fourth-order valence-electron chi connectivity index (χ4n) is 2.97. The highest BCUT2D eigenvalue weighted by Gasteiger charge is 2.23. The molecule has 0 radical (unpaired) electrons. The van der Waals surface area contributed by atoms with E-state index in [2.05, 4.69) is 5.32 Å². The highest BCUT2D eigenvalue weighted by molar-refractivity contribution is 7.89. The molecule has 1 aliphatic rings. The van der Waals surface area contributed by atoms with Crippen molar-refractivity contribution in [2.75, 3.05) is 7.05 Å². The van der Waals surface area contributed by atoms with E-state index < -0.39 is 10.0 Å².